The van der Waals surface area contributed by atoms with Crippen molar-refractivity contribution in [3.8, 4) is 0 Å². The molecule has 1 saturated heterocycles. The minimum absolute atomic E-state index is 0.0452. The van der Waals surface area contributed by atoms with Crippen LogP contribution in [0.3, 0.4) is 0 Å². The molecular weight excluding hydrogens is 436 g/mol. The first-order valence-electron chi connectivity index (χ1n) is 11.1. The number of halogens is 1. The molecule has 1 aromatic heterocycles. The Morgan fingerprint density at radius 2 is 1.82 bits per heavy atom. The van der Waals surface area contributed by atoms with Gasteiger partial charge in [-0.05, 0) is 85.7 Å². The van der Waals surface area contributed by atoms with Gasteiger partial charge in [-0.2, -0.15) is 0 Å². The molecule has 2 aliphatic rings. The van der Waals surface area contributed by atoms with Crippen molar-refractivity contribution >= 4 is 34.7 Å². The molecule has 1 aliphatic heterocycles. The number of nitrogens with zero attached hydrogens (tertiary/aromatic N) is 2. The normalized spacial score (nSPS) is 19.6. The van der Waals surface area contributed by atoms with Crippen LogP contribution >= 0.6 is 11.6 Å². The van der Waals surface area contributed by atoms with Gasteiger partial charge in [0, 0.05) is 22.5 Å². The van der Waals surface area contributed by atoms with E-state index in [0.29, 0.717) is 22.0 Å². The quantitative estimate of drug-likeness (QED) is 0.317. The number of aryl methyl sites for hydroxylation is 3. The first kappa shape index (κ1) is 21.4. The predicted octanol–water partition coefficient (Wildman–Crippen LogP) is 5.55. The maximum Gasteiger partial charge on any atom is 0.300 e. The Morgan fingerprint density at radius 3 is 2.55 bits per heavy atom. The molecule has 2 heterocycles. The Bertz CT molecular complexity index is 1300. The summed E-state index contributed by atoms with van der Waals surface area (Å²) < 4.78 is 0. The highest BCUT2D eigenvalue weighted by Crippen LogP contribution is 2.43. The third-order valence-electron chi connectivity index (χ3n) is 6.45. The van der Waals surface area contributed by atoms with E-state index in [2.05, 4.69) is 4.98 Å². The second kappa shape index (κ2) is 8.49. The number of ketones is 1. The lowest BCUT2D eigenvalue weighted by Gasteiger charge is -2.26. The number of aliphatic hydroxyl groups is 1. The summed E-state index contributed by atoms with van der Waals surface area (Å²) >= 11 is 6.13. The zero-order valence-electron chi connectivity index (χ0n) is 18.2. The largest absolute Gasteiger partial charge is 0.507 e. The van der Waals surface area contributed by atoms with E-state index in [9.17, 15) is 14.7 Å². The highest BCUT2D eigenvalue weighted by molar-refractivity contribution is 6.51. The van der Waals surface area contributed by atoms with E-state index in [1.54, 1.807) is 42.6 Å². The number of anilines is 1. The average molecular weight is 459 g/mol. The van der Waals surface area contributed by atoms with Crippen molar-refractivity contribution in [2.24, 2.45) is 0 Å². The molecule has 5 nitrogen and oxygen atoms in total. The molecular formula is C27H23ClN2O3. The van der Waals surface area contributed by atoms with Gasteiger partial charge in [0.15, 0.2) is 0 Å². The number of hydrogen-bond acceptors (Lipinski definition) is 4. The van der Waals surface area contributed by atoms with Gasteiger partial charge in [-0.3, -0.25) is 19.5 Å². The average Bonchev–Trinajstić information content (AvgIpc) is 3.09. The highest BCUT2D eigenvalue weighted by atomic mass is 35.5. The molecule has 1 fully saturated rings. The first-order valence-corrected chi connectivity index (χ1v) is 11.4. The molecule has 0 radical (unpaired) electrons. The van der Waals surface area contributed by atoms with E-state index in [1.165, 1.54) is 16.0 Å². The maximum absolute atomic E-state index is 13.3. The van der Waals surface area contributed by atoms with Crippen LogP contribution in [0.1, 0.15) is 46.8 Å². The maximum atomic E-state index is 13.3. The summed E-state index contributed by atoms with van der Waals surface area (Å²) in [6.45, 7) is 1.83. The van der Waals surface area contributed by atoms with E-state index < -0.39 is 17.7 Å². The summed E-state index contributed by atoms with van der Waals surface area (Å²) in [6.07, 6.45) is 5.83. The molecule has 5 rings (SSSR count). The smallest absolute Gasteiger partial charge is 0.300 e. The minimum atomic E-state index is -0.845. The SMILES string of the molecule is Cc1cc(Cl)ccc1N1C(=O)C(=O)/C(=C(\O)c2ccc3c(c2)CCCC3)C1c1ccccn1. The van der Waals surface area contributed by atoms with E-state index in [1.807, 2.05) is 25.1 Å². The lowest BCUT2D eigenvalue weighted by Crippen LogP contribution is -2.30. The van der Waals surface area contributed by atoms with Gasteiger partial charge in [-0.25, -0.2) is 0 Å². The Hall–Kier alpha value is -3.44. The van der Waals surface area contributed by atoms with Crippen LogP contribution in [-0.2, 0) is 22.4 Å². The lowest BCUT2D eigenvalue weighted by atomic mass is 9.89. The standard InChI is InChI=1S/C27H23ClN2O3/c1-16-14-20(28)11-12-22(16)30-24(21-8-4-5-13-29-21)23(26(32)27(30)33)25(31)19-10-9-17-6-2-3-7-18(17)15-19/h4-5,8-15,24,31H,2-3,6-7H2,1H3/b25-23-. The number of carbonyl (C=O) groups is 2. The number of pyridine rings is 1. The third-order valence-corrected chi connectivity index (χ3v) is 6.69. The zero-order valence-corrected chi connectivity index (χ0v) is 19.0. The first-order chi connectivity index (χ1) is 16.0. The second-order valence-electron chi connectivity index (χ2n) is 8.55. The number of carbonyl (C=O) groups excluding carboxylic acids is 2. The Labute approximate surface area is 197 Å². The van der Waals surface area contributed by atoms with Crippen LogP contribution in [0.5, 0.6) is 0 Å². The Kier molecular flexibility index (Phi) is 5.51. The lowest BCUT2D eigenvalue weighted by molar-refractivity contribution is -0.132. The van der Waals surface area contributed by atoms with Crippen LogP contribution in [0.4, 0.5) is 5.69 Å². The van der Waals surface area contributed by atoms with Crippen molar-refractivity contribution in [2.45, 2.75) is 38.6 Å². The summed E-state index contributed by atoms with van der Waals surface area (Å²) in [5, 5.41) is 11.9. The van der Waals surface area contributed by atoms with Gasteiger partial charge in [0.1, 0.15) is 11.8 Å². The molecule has 3 aromatic rings. The van der Waals surface area contributed by atoms with Gasteiger partial charge in [-0.1, -0.05) is 29.8 Å². The fourth-order valence-electron chi connectivity index (χ4n) is 4.82. The predicted molar refractivity (Wildman–Crippen MR) is 128 cm³/mol. The molecule has 1 unspecified atom stereocenters. The van der Waals surface area contributed by atoms with Gasteiger partial charge >= 0.3 is 0 Å². The molecule has 0 saturated carbocycles. The molecule has 1 aliphatic carbocycles. The number of rotatable bonds is 3. The van der Waals surface area contributed by atoms with E-state index in [-0.39, 0.29) is 11.3 Å². The Balaban J connectivity index is 1.70. The number of aromatic nitrogens is 1. The summed E-state index contributed by atoms with van der Waals surface area (Å²) in [7, 11) is 0. The summed E-state index contributed by atoms with van der Waals surface area (Å²) in [6, 6.07) is 15.4. The number of fused-ring (bicyclic) bond motifs is 1. The van der Waals surface area contributed by atoms with Crippen LogP contribution in [0.25, 0.3) is 5.76 Å². The number of benzene rings is 2. The fraction of sp³-hybridized carbons (Fsp3) is 0.222. The van der Waals surface area contributed by atoms with Crippen LogP contribution in [0.2, 0.25) is 5.02 Å². The molecule has 33 heavy (non-hydrogen) atoms. The molecule has 1 N–H and O–H groups in total. The minimum Gasteiger partial charge on any atom is -0.507 e. The summed E-state index contributed by atoms with van der Waals surface area (Å²) in [5.41, 5.74) is 4.86. The van der Waals surface area contributed by atoms with Crippen molar-refractivity contribution in [1.82, 2.24) is 4.98 Å². The van der Waals surface area contributed by atoms with E-state index >= 15 is 0 Å². The molecule has 0 bridgehead atoms. The van der Waals surface area contributed by atoms with Gasteiger partial charge in [0.05, 0.1) is 11.3 Å². The van der Waals surface area contributed by atoms with Crippen molar-refractivity contribution in [2.75, 3.05) is 4.90 Å². The van der Waals surface area contributed by atoms with Crippen molar-refractivity contribution in [1.29, 1.82) is 0 Å². The summed E-state index contributed by atoms with van der Waals surface area (Å²) in [5.74, 6) is -1.60. The Morgan fingerprint density at radius 1 is 1.03 bits per heavy atom. The van der Waals surface area contributed by atoms with Crippen LogP contribution in [0.15, 0.2) is 66.4 Å². The zero-order chi connectivity index (χ0) is 23.1. The van der Waals surface area contributed by atoms with Crippen molar-refractivity contribution in [3.05, 3.63) is 99.3 Å². The van der Waals surface area contributed by atoms with Crippen molar-refractivity contribution < 1.29 is 14.7 Å². The van der Waals surface area contributed by atoms with E-state index in [4.69, 9.17) is 11.6 Å². The van der Waals surface area contributed by atoms with Crippen LogP contribution in [0, 0.1) is 6.92 Å². The summed E-state index contributed by atoms with van der Waals surface area (Å²) in [4.78, 5) is 32.4. The molecule has 1 atom stereocenters. The van der Waals surface area contributed by atoms with Gasteiger partial charge in [0.25, 0.3) is 11.7 Å². The van der Waals surface area contributed by atoms with Crippen LogP contribution < -0.4 is 4.90 Å². The molecule has 6 heteroatoms. The molecule has 1 amide bonds. The number of amides is 1. The van der Waals surface area contributed by atoms with Gasteiger partial charge < -0.3 is 5.11 Å². The van der Waals surface area contributed by atoms with E-state index in [0.717, 1.165) is 31.2 Å². The number of Topliss-reactive ketones (excluding diaryl/α,β-unsaturated/α-hetero) is 1. The van der Waals surface area contributed by atoms with Crippen molar-refractivity contribution in [3.63, 3.8) is 0 Å². The number of aliphatic hydroxyl groups excluding tert-OH is 1. The monoisotopic (exact) mass is 458 g/mol. The van der Waals surface area contributed by atoms with Gasteiger partial charge in [-0.15, -0.1) is 0 Å². The molecule has 0 spiro atoms. The topological polar surface area (TPSA) is 70.5 Å². The van der Waals surface area contributed by atoms with Gasteiger partial charge in [0.2, 0.25) is 0 Å². The molecule has 166 valence electrons. The second-order valence-corrected chi connectivity index (χ2v) is 8.98. The van der Waals surface area contributed by atoms with Crippen LogP contribution in [-0.4, -0.2) is 21.8 Å². The number of hydrogen-bond donors (Lipinski definition) is 1. The third kappa shape index (κ3) is 3.72. The molecule has 2 aromatic carbocycles. The highest BCUT2D eigenvalue weighted by Gasteiger charge is 2.48. The fourth-order valence-corrected chi connectivity index (χ4v) is 5.05.